The van der Waals surface area contributed by atoms with Crippen molar-refractivity contribution in [2.75, 3.05) is 19.0 Å². The third-order valence-corrected chi connectivity index (χ3v) is 7.01. The summed E-state index contributed by atoms with van der Waals surface area (Å²) in [5.74, 6) is 0.696. The summed E-state index contributed by atoms with van der Waals surface area (Å²) in [4.78, 5) is 32.4. The molecule has 1 atom stereocenters. The summed E-state index contributed by atoms with van der Waals surface area (Å²) >= 11 is 0. The van der Waals surface area contributed by atoms with E-state index >= 15 is 0 Å². The van der Waals surface area contributed by atoms with Gasteiger partial charge >= 0.3 is 6.18 Å². The average molecular weight is 569 g/mol. The monoisotopic (exact) mass is 568 g/mol. The molecule has 2 aromatic heterocycles. The number of alkyl halides is 3. The van der Waals surface area contributed by atoms with Gasteiger partial charge in [-0.25, -0.2) is 0 Å². The lowest BCUT2D eigenvalue weighted by molar-refractivity contribution is -0.137. The van der Waals surface area contributed by atoms with Gasteiger partial charge in [0.25, 0.3) is 17.4 Å². The van der Waals surface area contributed by atoms with Crippen LogP contribution in [0.2, 0.25) is 0 Å². The molecule has 12 heteroatoms. The molecule has 9 nitrogen and oxygen atoms in total. The van der Waals surface area contributed by atoms with Crippen molar-refractivity contribution in [2.24, 2.45) is 5.92 Å². The number of hydrogen-bond acceptors (Lipinski definition) is 7. The van der Waals surface area contributed by atoms with Crippen molar-refractivity contribution >= 4 is 11.6 Å². The van der Waals surface area contributed by atoms with Crippen molar-refractivity contribution in [3.05, 3.63) is 75.7 Å². The number of hydrogen-bond donors (Lipinski definition) is 2. The van der Waals surface area contributed by atoms with Crippen molar-refractivity contribution < 1.29 is 32.0 Å². The first-order valence-corrected chi connectivity index (χ1v) is 13.0. The summed E-state index contributed by atoms with van der Waals surface area (Å²) in [6.07, 6.45) is -0.686. The molecule has 2 aromatic carbocycles. The van der Waals surface area contributed by atoms with Crippen LogP contribution in [0.25, 0.3) is 22.8 Å². The van der Waals surface area contributed by atoms with Crippen LogP contribution in [0.3, 0.4) is 0 Å². The Morgan fingerprint density at radius 2 is 2.00 bits per heavy atom. The summed E-state index contributed by atoms with van der Waals surface area (Å²) < 4.78 is 55.1. The van der Waals surface area contributed by atoms with Gasteiger partial charge < -0.3 is 24.3 Å². The topological polar surface area (TPSA) is 119 Å². The van der Waals surface area contributed by atoms with Gasteiger partial charge in [0.2, 0.25) is 5.82 Å². The Morgan fingerprint density at radius 1 is 1.17 bits per heavy atom. The number of halogens is 3. The number of anilines is 1. The zero-order valence-electron chi connectivity index (χ0n) is 22.3. The number of aromatic nitrogens is 3. The number of carbonyl (C=O) groups excluding carboxylic acids is 1. The number of aryl methyl sites for hydroxylation is 1. The second kappa shape index (κ2) is 11.5. The number of nitrogens with one attached hydrogen (secondary N) is 2. The first-order valence-electron chi connectivity index (χ1n) is 13.0. The number of amides is 1. The minimum Gasteiger partial charge on any atom is -0.493 e. The Labute approximate surface area is 232 Å². The molecule has 1 unspecified atom stereocenters. The fourth-order valence-electron chi connectivity index (χ4n) is 4.78. The molecule has 214 valence electrons. The quantitative estimate of drug-likeness (QED) is 0.282. The molecule has 1 aliphatic rings. The number of rotatable bonds is 8. The summed E-state index contributed by atoms with van der Waals surface area (Å²) in [6.45, 7) is 1.68. The van der Waals surface area contributed by atoms with Crippen LogP contribution in [0.1, 0.15) is 36.6 Å². The van der Waals surface area contributed by atoms with Gasteiger partial charge in [0.15, 0.2) is 18.1 Å². The molecule has 0 saturated heterocycles. The molecular weight excluding hydrogens is 541 g/mol. The third kappa shape index (κ3) is 6.26. The van der Waals surface area contributed by atoms with Gasteiger partial charge in [0.05, 0.1) is 18.2 Å². The van der Waals surface area contributed by atoms with Crippen molar-refractivity contribution in [3.63, 3.8) is 0 Å². The van der Waals surface area contributed by atoms with Gasteiger partial charge in [0.1, 0.15) is 0 Å². The lowest BCUT2D eigenvalue weighted by atomic mass is 9.84. The predicted molar refractivity (Wildman–Crippen MR) is 144 cm³/mol. The highest BCUT2D eigenvalue weighted by atomic mass is 19.4. The molecule has 0 spiro atoms. The maximum Gasteiger partial charge on any atom is 0.416 e. The summed E-state index contributed by atoms with van der Waals surface area (Å²) in [6, 6.07) is 10.9. The van der Waals surface area contributed by atoms with E-state index in [9.17, 15) is 22.8 Å². The highest BCUT2D eigenvalue weighted by molar-refractivity contribution is 5.92. The van der Waals surface area contributed by atoms with E-state index in [2.05, 4.69) is 27.4 Å². The molecule has 2 N–H and O–H groups in total. The maximum absolute atomic E-state index is 12.9. The van der Waals surface area contributed by atoms with E-state index in [1.165, 1.54) is 25.3 Å². The van der Waals surface area contributed by atoms with E-state index in [0.29, 0.717) is 17.0 Å². The fraction of sp³-hybridized carbons (Fsp3) is 0.310. The van der Waals surface area contributed by atoms with E-state index in [0.717, 1.165) is 49.1 Å². The number of aromatic amines is 1. The molecule has 4 aromatic rings. The number of carbonyl (C=O) groups is 1. The first kappa shape index (κ1) is 27.9. The molecule has 0 saturated carbocycles. The fourth-order valence-corrected chi connectivity index (χ4v) is 4.78. The smallest absolute Gasteiger partial charge is 0.416 e. The van der Waals surface area contributed by atoms with Gasteiger partial charge in [-0.1, -0.05) is 24.6 Å². The normalized spacial score (nSPS) is 14.8. The molecule has 0 aliphatic heterocycles. The molecule has 1 aliphatic carbocycles. The number of methoxy groups -OCH3 is 1. The van der Waals surface area contributed by atoms with E-state index < -0.39 is 24.3 Å². The SMILES string of the molecule is CCC1CCc2[nH]c(=O)c(-c3noc(-c4ccc(OCC(=O)Nc5cccc(C(F)(F)F)c5)c(OC)c4)n3)cc2C1. The second-order valence-electron chi connectivity index (χ2n) is 9.74. The van der Waals surface area contributed by atoms with Crippen LogP contribution >= 0.6 is 0 Å². The zero-order valence-corrected chi connectivity index (χ0v) is 22.3. The number of benzene rings is 2. The highest BCUT2D eigenvalue weighted by Gasteiger charge is 2.30. The van der Waals surface area contributed by atoms with Crippen LogP contribution in [0.4, 0.5) is 18.9 Å². The zero-order chi connectivity index (χ0) is 29.1. The van der Waals surface area contributed by atoms with Gasteiger partial charge in [-0.05, 0) is 73.2 Å². The predicted octanol–water partition coefficient (Wildman–Crippen LogP) is 5.65. The summed E-state index contributed by atoms with van der Waals surface area (Å²) in [7, 11) is 1.41. The van der Waals surface area contributed by atoms with Gasteiger partial charge in [-0.2, -0.15) is 18.2 Å². The molecule has 0 bridgehead atoms. The molecular formula is C29H27F3N4O5. The Hall–Kier alpha value is -4.61. The molecule has 1 amide bonds. The second-order valence-corrected chi connectivity index (χ2v) is 9.74. The summed E-state index contributed by atoms with van der Waals surface area (Å²) in [5.41, 5.74) is 1.69. The van der Waals surface area contributed by atoms with Gasteiger partial charge in [-0.3, -0.25) is 9.59 Å². The lowest BCUT2D eigenvalue weighted by Gasteiger charge is -2.23. The number of nitrogens with zero attached hydrogens (tertiary/aromatic N) is 2. The van der Waals surface area contributed by atoms with E-state index in [1.807, 2.05) is 6.07 Å². The standard InChI is InChI=1S/C29H27F3N4O5/c1-3-16-7-9-22-18(11-16)12-21(27(38)34-22)26-35-28(41-36-26)17-8-10-23(24(13-17)39-2)40-15-25(37)33-20-6-4-5-19(14-20)29(30,31)32/h4-6,8,10,12-14,16H,3,7,9,11,15H2,1-2H3,(H,33,37)(H,34,38). The first-order chi connectivity index (χ1) is 19.6. The van der Waals surface area contributed by atoms with Crippen LogP contribution in [0, 0.1) is 5.92 Å². The molecule has 2 heterocycles. The average Bonchev–Trinajstić information content (AvgIpc) is 3.45. The van der Waals surface area contributed by atoms with E-state index in [4.69, 9.17) is 14.0 Å². The molecule has 0 radical (unpaired) electrons. The van der Waals surface area contributed by atoms with Crippen LogP contribution < -0.4 is 20.3 Å². The highest BCUT2D eigenvalue weighted by Crippen LogP contribution is 2.34. The van der Waals surface area contributed by atoms with E-state index in [1.54, 1.807) is 12.1 Å². The Balaban J connectivity index is 1.28. The molecule has 0 fully saturated rings. The molecule has 41 heavy (non-hydrogen) atoms. The Kier molecular flexibility index (Phi) is 7.82. The number of ether oxygens (including phenoxy) is 2. The van der Waals surface area contributed by atoms with Gasteiger partial charge in [-0.15, -0.1) is 0 Å². The minimum absolute atomic E-state index is 0.00844. The van der Waals surface area contributed by atoms with Crippen molar-refractivity contribution in [1.82, 2.24) is 15.1 Å². The van der Waals surface area contributed by atoms with Crippen LogP contribution in [-0.2, 0) is 23.8 Å². The Bertz CT molecular complexity index is 1630. The molecule has 5 rings (SSSR count). The minimum atomic E-state index is -4.53. The van der Waals surface area contributed by atoms with E-state index in [-0.39, 0.29) is 34.5 Å². The number of pyridine rings is 1. The summed E-state index contributed by atoms with van der Waals surface area (Å²) in [5, 5.41) is 6.39. The van der Waals surface area contributed by atoms with Crippen molar-refractivity contribution in [2.45, 2.75) is 38.8 Å². The lowest BCUT2D eigenvalue weighted by Crippen LogP contribution is -2.21. The van der Waals surface area contributed by atoms with Crippen molar-refractivity contribution in [3.8, 4) is 34.3 Å². The third-order valence-electron chi connectivity index (χ3n) is 7.01. The van der Waals surface area contributed by atoms with Gasteiger partial charge in [0, 0.05) is 16.9 Å². The van der Waals surface area contributed by atoms with Crippen LogP contribution in [0.15, 0.2) is 57.8 Å². The maximum atomic E-state index is 12.9. The number of H-pyrrole nitrogens is 1. The number of fused-ring (bicyclic) bond motifs is 1. The Morgan fingerprint density at radius 3 is 2.76 bits per heavy atom. The van der Waals surface area contributed by atoms with Crippen molar-refractivity contribution in [1.29, 1.82) is 0 Å². The van der Waals surface area contributed by atoms with Crippen LogP contribution in [-0.4, -0.2) is 34.7 Å². The van der Waals surface area contributed by atoms with Crippen LogP contribution in [0.5, 0.6) is 11.5 Å². The largest absolute Gasteiger partial charge is 0.493 e.